The molecule has 0 spiro atoms. The first-order valence-corrected chi connectivity index (χ1v) is 15.3. The van der Waals surface area contributed by atoms with Crippen LogP contribution < -0.4 is 9.54 Å². The Hall–Kier alpha value is -2.18. The second-order valence-electron chi connectivity index (χ2n) is 8.39. The van der Waals surface area contributed by atoms with Crippen molar-refractivity contribution in [1.82, 2.24) is 8.87 Å². The number of carbonyl (C=O) groups excluding carboxylic acids is 1. The minimum Gasteiger partial charge on any atom is -0.497 e. The van der Waals surface area contributed by atoms with Gasteiger partial charge in [-0.15, -0.1) is 11.8 Å². The van der Waals surface area contributed by atoms with Crippen molar-refractivity contribution in [2.75, 3.05) is 39.7 Å². The number of methoxy groups -OCH3 is 1. The van der Waals surface area contributed by atoms with Crippen LogP contribution in [0.25, 0.3) is 10.2 Å². The number of benzene rings is 2. The molecule has 0 radical (unpaired) electrons. The van der Waals surface area contributed by atoms with Gasteiger partial charge in [-0.05, 0) is 68.5 Å². The van der Waals surface area contributed by atoms with Gasteiger partial charge in [0.05, 0.1) is 34.7 Å². The van der Waals surface area contributed by atoms with E-state index in [1.807, 2.05) is 17.7 Å². The molecule has 1 amide bonds. The molecule has 8 nitrogen and oxygen atoms in total. The van der Waals surface area contributed by atoms with Crippen LogP contribution in [0.2, 0.25) is 0 Å². The summed E-state index contributed by atoms with van der Waals surface area (Å²) in [6.45, 7) is 4.17. The molecule has 2 heterocycles. The summed E-state index contributed by atoms with van der Waals surface area (Å²) in [5.41, 5.74) is 1.01. The van der Waals surface area contributed by atoms with E-state index < -0.39 is 15.9 Å². The fraction of sp³-hybridized carbons (Fsp3) is 0.440. The SMILES string of the molecule is CCOCCn1c(=NC(=O)C2CCCN(S(=O)(=O)c3ccc(OC)cc3)C2)sc2cc(SC)ccc21. The number of aromatic nitrogens is 1. The maximum atomic E-state index is 13.3. The Morgan fingerprint density at radius 1 is 1.22 bits per heavy atom. The number of rotatable bonds is 9. The van der Waals surface area contributed by atoms with E-state index in [1.165, 1.54) is 34.9 Å². The second kappa shape index (κ2) is 11.9. The third kappa shape index (κ3) is 5.86. The Bertz CT molecular complexity index is 1380. The van der Waals surface area contributed by atoms with E-state index in [1.54, 1.807) is 23.9 Å². The molecule has 1 saturated heterocycles. The van der Waals surface area contributed by atoms with Crippen molar-refractivity contribution in [3.05, 3.63) is 47.3 Å². The van der Waals surface area contributed by atoms with Gasteiger partial charge >= 0.3 is 0 Å². The molecule has 3 aromatic rings. The highest BCUT2D eigenvalue weighted by molar-refractivity contribution is 7.98. The van der Waals surface area contributed by atoms with E-state index in [0.29, 0.717) is 49.7 Å². The highest BCUT2D eigenvalue weighted by Crippen LogP contribution is 2.27. The van der Waals surface area contributed by atoms with E-state index in [2.05, 4.69) is 23.2 Å². The Labute approximate surface area is 220 Å². The van der Waals surface area contributed by atoms with Gasteiger partial charge in [-0.1, -0.05) is 11.3 Å². The molecule has 0 bridgehead atoms. The van der Waals surface area contributed by atoms with Crippen LogP contribution in [-0.4, -0.2) is 62.9 Å². The second-order valence-corrected chi connectivity index (χ2v) is 12.2. The predicted octanol–water partition coefficient (Wildman–Crippen LogP) is 4.00. The fourth-order valence-corrected chi connectivity index (χ4v) is 7.37. The lowest BCUT2D eigenvalue weighted by atomic mass is 9.99. The maximum absolute atomic E-state index is 13.3. The molecule has 36 heavy (non-hydrogen) atoms. The Balaban J connectivity index is 1.60. The first-order chi connectivity index (χ1) is 17.4. The number of hydrogen-bond acceptors (Lipinski definition) is 7. The van der Waals surface area contributed by atoms with Gasteiger partial charge in [0.1, 0.15) is 5.75 Å². The highest BCUT2D eigenvalue weighted by Gasteiger charge is 2.33. The summed E-state index contributed by atoms with van der Waals surface area (Å²) in [6, 6.07) is 12.5. The predicted molar refractivity (Wildman–Crippen MR) is 143 cm³/mol. The maximum Gasteiger partial charge on any atom is 0.252 e. The summed E-state index contributed by atoms with van der Waals surface area (Å²) >= 11 is 3.14. The average molecular weight is 550 g/mol. The lowest BCUT2D eigenvalue weighted by molar-refractivity contribution is -0.122. The summed E-state index contributed by atoms with van der Waals surface area (Å²) in [6.07, 6.45) is 3.24. The van der Waals surface area contributed by atoms with Crippen molar-refractivity contribution in [1.29, 1.82) is 0 Å². The lowest BCUT2D eigenvalue weighted by Gasteiger charge is -2.30. The molecule has 0 saturated carbocycles. The van der Waals surface area contributed by atoms with Gasteiger partial charge in [-0.2, -0.15) is 9.30 Å². The van der Waals surface area contributed by atoms with Gasteiger partial charge in [-0.3, -0.25) is 4.79 Å². The van der Waals surface area contributed by atoms with Crippen LogP contribution in [0.5, 0.6) is 5.75 Å². The lowest BCUT2D eigenvalue weighted by Crippen LogP contribution is -2.42. The van der Waals surface area contributed by atoms with Crippen LogP contribution in [0.15, 0.2) is 57.2 Å². The molecule has 4 rings (SSSR count). The number of piperidine rings is 1. The van der Waals surface area contributed by atoms with Crippen LogP contribution in [0.1, 0.15) is 19.8 Å². The quantitative estimate of drug-likeness (QED) is 0.296. The zero-order valence-electron chi connectivity index (χ0n) is 20.7. The molecule has 0 aliphatic carbocycles. The van der Waals surface area contributed by atoms with Crippen LogP contribution in [-0.2, 0) is 26.1 Å². The number of sulfonamides is 1. The summed E-state index contributed by atoms with van der Waals surface area (Å²) < 4.78 is 41.6. The molecular weight excluding hydrogens is 518 g/mol. The van der Waals surface area contributed by atoms with Crippen molar-refractivity contribution < 1.29 is 22.7 Å². The Morgan fingerprint density at radius 2 is 2.00 bits per heavy atom. The molecule has 1 aliphatic rings. The summed E-state index contributed by atoms with van der Waals surface area (Å²) in [4.78, 5) is 19.8. The monoisotopic (exact) mass is 549 g/mol. The third-order valence-electron chi connectivity index (χ3n) is 6.19. The van der Waals surface area contributed by atoms with Gasteiger partial charge in [0.15, 0.2) is 4.80 Å². The normalized spacial score (nSPS) is 17.5. The van der Waals surface area contributed by atoms with Gasteiger partial charge in [-0.25, -0.2) is 8.42 Å². The van der Waals surface area contributed by atoms with Crippen molar-refractivity contribution in [2.45, 2.75) is 36.1 Å². The van der Waals surface area contributed by atoms with E-state index >= 15 is 0 Å². The molecular formula is C25H31N3O5S3. The minimum atomic E-state index is -3.72. The molecule has 2 aromatic carbocycles. The van der Waals surface area contributed by atoms with Crippen LogP contribution >= 0.6 is 23.1 Å². The molecule has 1 fully saturated rings. The number of carbonyl (C=O) groups is 1. The molecule has 1 aliphatic heterocycles. The van der Waals surface area contributed by atoms with Gasteiger partial charge in [0.25, 0.3) is 5.91 Å². The smallest absolute Gasteiger partial charge is 0.252 e. The summed E-state index contributed by atoms with van der Waals surface area (Å²) in [7, 11) is -2.18. The largest absolute Gasteiger partial charge is 0.497 e. The summed E-state index contributed by atoms with van der Waals surface area (Å²) in [5.74, 6) is -0.185. The van der Waals surface area contributed by atoms with E-state index in [-0.39, 0.29) is 17.3 Å². The molecule has 1 unspecified atom stereocenters. The number of ether oxygens (including phenoxy) is 2. The fourth-order valence-electron chi connectivity index (χ4n) is 4.23. The highest BCUT2D eigenvalue weighted by atomic mass is 32.2. The third-order valence-corrected chi connectivity index (χ3v) is 9.84. The Kier molecular flexibility index (Phi) is 8.89. The van der Waals surface area contributed by atoms with Crippen molar-refractivity contribution in [3.63, 3.8) is 0 Å². The molecule has 0 N–H and O–H groups in total. The molecule has 194 valence electrons. The van der Waals surface area contributed by atoms with Crippen molar-refractivity contribution in [3.8, 4) is 5.75 Å². The van der Waals surface area contributed by atoms with E-state index in [4.69, 9.17) is 9.47 Å². The zero-order valence-corrected chi connectivity index (χ0v) is 23.1. The van der Waals surface area contributed by atoms with Crippen LogP contribution in [0, 0.1) is 5.92 Å². The minimum absolute atomic E-state index is 0.122. The summed E-state index contributed by atoms with van der Waals surface area (Å²) in [5, 5.41) is 0. The van der Waals surface area contributed by atoms with E-state index in [0.717, 1.165) is 15.1 Å². The topological polar surface area (TPSA) is 90.2 Å². The van der Waals surface area contributed by atoms with Crippen molar-refractivity contribution in [2.24, 2.45) is 10.9 Å². The van der Waals surface area contributed by atoms with Crippen LogP contribution in [0.4, 0.5) is 0 Å². The molecule has 1 aromatic heterocycles. The Morgan fingerprint density at radius 3 is 2.69 bits per heavy atom. The number of thiazole rings is 1. The van der Waals surface area contributed by atoms with Gasteiger partial charge in [0.2, 0.25) is 10.0 Å². The zero-order chi connectivity index (χ0) is 25.7. The number of fused-ring (bicyclic) bond motifs is 1. The number of hydrogen-bond donors (Lipinski definition) is 0. The van der Waals surface area contributed by atoms with Gasteiger partial charge in [0, 0.05) is 31.1 Å². The average Bonchev–Trinajstić information content (AvgIpc) is 3.24. The first kappa shape index (κ1) is 26.9. The van der Waals surface area contributed by atoms with Crippen LogP contribution in [0.3, 0.4) is 0 Å². The number of amides is 1. The van der Waals surface area contributed by atoms with Crippen molar-refractivity contribution >= 4 is 49.2 Å². The van der Waals surface area contributed by atoms with E-state index in [9.17, 15) is 13.2 Å². The number of thioether (sulfide) groups is 1. The molecule has 11 heteroatoms. The number of nitrogens with zero attached hydrogens (tertiary/aromatic N) is 3. The van der Waals surface area contributed by atoms with Gasteiger partial charge < -0.3 is 14.0 Å². The standard InChI is InChI=1S/C25H31N3O5S3/c1-4-33-15-14-28-22-12-9-20(34-3)16-23(22)35-25(28)26-24(29)18-6-5-13-27(17-18)36(30,31)21-10-7-19(32-2)8-11-21/h7-12,16,18H,4-6,13-15,17H2,1-3H3. The molecule has 1 atom stereocenters. The first-order valence-electron chi connectivity index (χ1n) is 11.8.